The summed E-state index contributed by atoms with van der Waals surface area (Å²) in [7, 11) is 2.97. The van der Waals surface area contributed by atoms with Crippen LogP contribution in [0.2, 0.25) is 0 Å². The molecule has 42 heavy (non-hydrogen) atoms. The van der Waals surface area contributed by atoms with Crippen molar-refractivity contribution in [3.63, 3.8) is 0 Å². The summed E-state index contributed by atoms with van der Waals surface area (Å²) >= 11 is 0. The summed E-state index contributed by atoms with van der Waals surface area (Å²) in [6.45, 7) is 2.14. The molecule has 3 aliphatic rings. The first-order chi connectivity index (χ1) is 20.5. The number of carbonyl (C=O) groups excluding carboxylic acids is 2. The first kappa shape index (κ1) is 29.1. The van der Waals surface area contributed by atoms with Gasteiger partial charge in [-0.05, 0) is 43.4 Å². The first-order valence-corrected chi connectivity index (χ1v) is 14.2. The lowest BCUT2D eigenvalue weighted by molar-refractivity contribution is -0.141. The molecule has 0 radical (unpaired) electrons. The molecule has 11 nitrogen and oxygen atoms in total. The number of esters is 1. The number of cyclic esters (lactones) is 1. The molecule has 4 heterocycles. The van der Waals surface area contributed by atoms with Crippen LogP contribution >= 0.6 is 0 Å². The molecule has 0 saturated carbocycles. The van der Waals surface area contributed by atoms with E-state index >= 15 is 0 Å². The van der Waals surface area contributed by atoms with E-state index in [1.54, 1.807) is 25.6 Å². The fourth-order valence-corrected chi connectivity index (χ4v) is 5.09. The summed E-state index contributed by atoms with van der Waals surface area (Å²) in [5.74, 6) is 1.22. The van der Waals surface area contributed by atoms with Crippen LogP contribution in [-0.2, 0) is 30.2 Å². The standard InChI is InChI=1S/C31H36N4O7/c1-38-27-9-8-26-30(33-27)23(10-14-32-26)11-15-34(17-13-29(36)39-2)16-12-24-19-35(31(37)42-24)28-21-40-20-25(41-28)18-22-6-4-3-5-7-22/h3-4,6,8-10,14,20-21,24H,5,7,11-13,15-19H2,1-2H3. The summed E-state index contributed by atoms with van der Waals surface area (Å²) < 4.78 is 27.3. The van der Waals surface area contributed by atoms with Crippen molar-refractivity contribution in [1.82, 2.24) is 19.8 Å². The summed E-state index contributed by atoms with van der Waals surface area (Å²) in [5, 5.41) is 0. The Bertz CT molecular complexity index is 1420. The van der Waals surface area contributed by atoms with Gasteiger partial charge < -0.3 is 28.6 Å². The zero-order valence-corrected chi connectivity index (χ0v) is 24.0. The van der Waals surface area contributed by atoms with Gasteiger partial charge in [-0.15, -0.1) is 0 Å². The smallest absolute Gasteiger partial charge is 0.417 e. The van der Waals surface area contributed by atoms with Crippen molar-refractivity contribution in [2.24, 2.45) is 0 Å². The molecule has 5 rings (SSSR count). The van der Waals surface area contributed by atoms with Crippen LogP contribution in [0.1, 0.15) is 37.7 Å². The number of pyridine rings is 2. The normalized spacial score (nSPS) is 18.2. The van der Waals surface area contributed by atoms with Crippen LogP contribution in [0.3, 0.4) is 0 Å². The number of fused-ring (bicyclic) bond motifs is 1. The van der Waals surface area contributed by atoms with Gasteiger partial charge in [0.15, 0.2) is 6.26 Å². The molecule has 1 atom stereocenters. The van der Waals surface area contributed by atoms with Gasteiger partial charge in [0.1, 0.15) is 18.1 Å². The molecule has 0 aromatic carbocycles. The Labute approximate surface area is 245 Å². The molecule has 1 unspecified atom stereocenters. The summed E-state index contributed by atoms with van der Waals surface area (Å²) in [6.07, 6.45) is 14.4. The number of rotatable bonds is 13. The van der Waals surface area contributed by atoms with Gasteiger partial charge in [0.05, 0.1) is 38.2 Å². The second kappa shape index (κ2) is 14.0. The van der Waals surface area contributed by atoms with E-state index in [9.17, 15) is 9.59 Å². The van der Waals surface area contributed by atoms with E-state index in [0.29, 0.717) is 63.0 Å². The first-order valence-electron chi connectivity index (χ1n) is 14.2. The van der Waals surface area contributed by atoms with Crippen molar-refractivity contribution in [3.8, 4) is 5.88 Å². The van der Waals surface area contributed by atoms with E-state index < -0.39 is 6.09 Å². The van der Waals surface area contributed by atoms with Gasteiger partial charge >= 0.3 is 12.1 Å². The molecule has 0 bridgehead atoms. The van der Waals surface area contributed by atoms with Gasteiger partial charge in [-0.25, -0.2) is 14.7 Å². The molecule has 2 aromatic heterocycles. The monoisotopic (exact) mass is 576 g/mol. The van der Waals surface area contributed by atoms with Gasteiger partial charge in [0.2, 0.25) is 11.8 Å². The molecular formula is C31H36N4O7. The molecule has 222 valence electrons. The van der Waals surface area contributed by atoms with Crippen LogP contribution in [0.5, 0.6) is 5.88 Å². The number of methoxy groups -OCH3 is 2. The average Bonchev–Trinajstić information content (AvgIpc) is 3.41. The Morgan fingerprint density at radius 2 is 2.07 bits per heavy atom. The minimum absolute atomic E-state index is 0.260. The highest BCUT2D eigenvalue weighted by molar-refractivity contribution is 5.78. The van der Waals surface area contributed by atoms with E-state index in [-0.39, 0.29) is 18.5 Å². The molecular weight excluding hydrogens is 540 g/mol. The average molecular weight is 577 g/mol. The van der Waals surface area contributed by atoms with Crippen LogP contribution in [-0.4, -0.2) is 78.3 Å². The van der Waals surface area contributed by atoms with Crippen molar-refractivity contribution in [3.05, 3.63) is 77.9 Å². The number of amides is 1. The molecule has 1 amide bonds. The van der Waals surface area contributed by atoms with Gasteiger partial charge in [-0.1, -0.05) is 23.8 Å². The quantitative estimate of drug-likeness (QED) is 0.313. The summed E-state index contributed by atoms with van der Waals surface area (Å²) in [6, 6.07) is 5.63. The Kier molecular flexibility index (Phi) is 9.70. The van der Waals surface area contributed by atoms with E-state index in [2.05, 4.69) is 27.0 Å². The lowest BCUT2D eigenvalue weighted by atomic mass is 10.0. The Morgan fingerprint density at radius 3 is 2.88 bits per heavy atom. The highest BCUT2D eigenvalue weighted by atomic mass is 16.6. The van der Waals surface area contributed by atoms with Crippen LogP contribution in [0, 0.1) is 0 Å². The minimum Gasteiger partial charge on any atom is -0.481 e. The minimum atomic E-state index is -0.472. The molecule has 11 heteroatoms. The van der Waals surface area contributed by atoms with Crippen molar-refractivity contribution < 1.29 is 33.3 Å². The second-order valence-electron chi connectivity index (χ2n) is 10.3. The third-order valence-electron chi connectivity index (χ3n) is 7.42. The van der Waals surface area contributed by atoms with Crippen molar-refractivity contribution >= 4 is 23.1 Å². The lowest BCUT2D eigenvalue weighted by Gasteiger charge is -2.24. The number of ether oxygens (including phenoxy) is 5. The third-order valence-corrected chi connectivity index (χ3v) is 7.42. The molecule has 1 fully saturated rings. The third kappa shape index (κ3) is 7.47. The molecule has 1 saturated heterocycles. The lowest BCUT2D eigenvalue weighted by Crippen LogP contribution is -2.33. The Hall–Kier alpha value is -4.38. The fraction of sp³-hybridized carbons (Fsp3) is 0.419. The summed E-state index contributed by atoms with van der Waals surface area (Å²) in [5.41, 5.74) is 3.86. The second-order valence-corrected chi connectivity index (χ2v) is 10.3. The molecule has 1 aliphatic carbocycles. The number of nitrogens with zero attached hydrogens (tertiary/aromatic N) is 4. The Morgan fingerprint density at radius 1 is 1.17 bits per heavy atom. The SMILES string of the molecule is COC(=O)CCN(CCc1ccnc2ccc(OC)nc12)CCC1CN(C2=COC=C(CC3=CC=CCC3)O2)C(=O)O1. The van der Waals surface area contributed by atoms with Crippen LogP contribution in [0.25, 0.3) is 11.0 Å². The number of hydrogen-bond donors (Lipinski definition) is 0. The topological polar surface area (TPSA) is 113 Å². The maximum absolute atomic E-state index is 12.8. The predicted molar refractivity (Wildman–Crippen MR) is 154 cm³/mol. The fourth-order valence-electron chi connectivity index (χ4n) is 5.09. The number of carbonyl (C=O) groups is 2. The maximum atomic E-state index is 12.8. The number of hydrogen-bond acceptors (Lipinski definition) is 10. The highest BCUT2D eigenvalue weighted by Crippen LogP contribution is 2.29. The predicted octanol–water partition coefficient (Wildman–Crippen LogP) is 4.61. The largest absolute Gasteiger partial charge is 0.481 e. The molecule has 0 spiro atoms. The number of aromatic nitrogens is 2. The van der Waals surface area contributed by atoms with Gasteiger partial charge in [-0.3, -0.25) is 9.78 Å². The number of allylic oxidation sites excluding steroid dienone is 4. The van der Waals surface area contributed by atoms with E-state index in [0.717, 1.165) is 29.4 Å². The zero-order valence-electron chi connectivity index (χ0n) is 24.0. The van der Waals surface area contributed by atoms with Crippen molar-refractivity contribution in [1.29, 1.82) is 0 Å². The van der Waals surface area contributed by atoms with Crippen molar-refractivity contribution in [2.75, 3.05) is 40.4 Å². The Balaban J connectivity index is 1.17. The molecule has 2 aliphatic heterocycles. The van der Waals surface area contributed by atoms with Gasteiger partial charge in [0.25, 0.3) is 0 Å². The van der Waals surface area contributed by atoms with E-state index in [1.165, 1.54) is 23.8 Å². The van der Waals surface area contributed by atoms with Gasteiger partial charge in [0, 0.05) is 38.3 Å². The van der Waals surface area contributed by atoms with Crippen LogP contribution in [0.4, 0.5) is 4.79 Å². The zero-order chi connectivity index (χ0) is 29.3. The maximum Gasteiger partial charge on any atom is 0.417 e. The van der Waals surface area contributed by atoms with Gasteiger partial charge in [-0.2, -0.15) is 0 Å². The van der Waals surface area contributed by atoms with E-state index in [4.69, 9.17) is 23.7 Å². The molecule has 2 aromatic rings. The van der Waals surface area contributed by atoms with E-state index in [1.807, 2.05) is 18.2 Å². The highest BCUT2D eigenvalue weighted by Gasteiger charge is 2.36. The van der Waals surface area contributed by atoms with Crippen molar-refractivity contribution in [2.45, 2.75) is 44.6 Å². The molecule has 0 N–H and O–H groups in total. The van der Waals surface area contributed by atoms with Crippen LogP contribution in [0.15, 0.2) is 72.4 Å². The summed E-state index contributed by atoms with van der Waals surface area (Å²) in [4.78, 5) is 37.3. The van der Waals surface area contributed by atoms with Crippen LogP contribution < -0.4 is 4.74 Å².